The average Bonchev–Trinajstić information content (AvgIpc) is 2.65. The van der Waals surface area contributed by atoms with Gasteiger partial charge in [-0.3, -0.25) is 4.79 Å². The SMILES string of the molecule is COCC(CCBr)NC(=O)c1sccc1C. The van der Waals surface area contributed by atoms with Gasteiger partial charge in [-0.05, 0) is 30.4 Å². The number of ether oxygens (including phenoxy) is 1. The van der Waals surface area contributed by atoms with Crippen LogP contribution in [0.3, 0.4) is 0 Å². The molecule has 1 aromatic heterocycles. The van der Waals surface area contributed by atoms with Gasteiger partial charge >= 0.3 is 0 Å². The lowest BCUT2D eigenvalue weighted by atomic mass is 10.2. The topological polar surface area (TPSA) is 38.3 Å². The van der Waals surface area contributed by atoms with Gasteiger partial charge in [-0.1, -0.05) is 15.9 Å². The molecule has 16 heavy (non-hydrogen) atoms. The van der Waals surface area contributed by atoms with Gasteiger partial charge in [0.15, 0.2) is 0 Å². The van der Waals surface area contributed by atoms with Crippen LogP contribution in [-0.4, -0.2) is 31.0 Å². The molecular formula is C11H16BrNO2S. The van der Waals surface area contributed by atoms with Crippen LogP contribution in [0, 0.1) is 6.92 Å². The summed E-state index contributed by atoms with van der Waals surface area (Å²) in [5.74, 6) is -0.00417. The second-order valence-corrected chi connectivity index (χ2v) is 5.25. The van der Waals surface area contributed by atoms with E-state index in [2.05, 4.69) is 21.2 Å². The summed E-state index contributed by atoms with van der Waals surface area (Å²) in [6.07, 6.45) is 0.865. The highest BCUT2D eigenvalue weighted by molar-refractivity contribution is 9.09. The number of nitrogens with one attached hydrogen (secondary N) is 1. The van der Waals surface area contributed by atoms with Crippen molar-refractivity contribution in [2.45, 2.75) is 19.4 Å². The number of rotatable bonds is 6. The Morgan fingerprint density at radius 3 is 2.94 bits per heavy atom. The van der Waals surface area contributed by atoms with Gasteiger partial charge < -0.3 is 10.1 Å². The van der Waals surface area contributed by atoms with E-state index in [0.29, 0.717) is 6.61 Å². The van der Waals surface area contributed by atoms with Crippen LogP contribution in [0.1, 0.15) is 21.7 Å². The molecule has 0 aliphatic heterocycles. The molecule has 0 aromatic carbocycles. The summed E-state index contributed by atoms with van der Waals surface area (Å²) < 4.78 is 5.07. The quantitative estimate of drug-likeness (QED) is 0.820. The van der Waals surface area contributed by atoms with Gasteiger partial charge in [0.2, 0.25) is 0 Å². The van der Waals surface area contributed by atoms with E-state index in [4.69, 9.17) is 4.74 Å². The predicted octanol–water partition coefficient (Wildman–Crippen LogP) is 2.59. The first-order chi connectivity index (χ1) is 7.69. The highest BCUT2D eigenvalue weighted by Gasteiger charge is 2.15. The third-order valence-electron chi connectivity index (χ3n) is 2.23. The normalized spacial score (nSPS) is 12.4. The largest absolute Gasteiger partial charge is 0.383 e. The monoisotopic (exact) mass is 305 g/mol. The molecule has 1 heterocycles. The third-order valence-corrected chi connectivity index (χ3v) is 3.70. The number of carbonyl (C=O) groups excluding carboxylic acids is 1. The second-order valence-electron chi connectivity index (χ2n) is 3.54. The first-order valence-corrected chi connectivity index (χ1v) is 7.09. The molecule has 0 saturated heterocycles. The number of aryl methyl sites for hydroxylation is 1. The van der Waals surface area contributed by atoms with Crippen molar-refractivity contribution in [1.29, 1.82) is 0 Å². The number of thiophene rings is 1. The van der Waals surface area contributed by atoms with Crippen LogP contribution in [0.15, 0.2) is 11.4 Å². The lowest BCUT2D eigenvalue weighted by Crippen LogP contribution is -2.38. The minimum atomic E-state index is -0.00417. The predicted molar refractivity (Wildman–Crippen MR) is 70.6 cm³/mol. The fourth-order valence-electron chi connectivity index (χ4n) is 1.39. The van der Waals surface area contributed by atoms with E-state index >= 15 is 0 Å². The second kappa shape index (κ2) is 7.04. The highest BCUT2D eigenvalue weighted by atomic mass is 79.9. The fourth-order valence-corrected chi connectivity index (χ4v) is 2.77. The molecule has 3 nitrogen and oxygen atoms in total. The minimum Gasteiger partial charge on any atom is -0.383 e. The fraction of sp³-hybridized carbons (Fsp3) is 0.545. The van der Waals surface area contributed by atoms with Crippen molar-refractivity contribution in [2.75, 3.05) is 19.0 Å². The molecule has 0 bridgehead atoms. The summed E-state index contributed by atoms with van der Waals surface area (Å²) >= 11 is 4.84. The van der Waals surface area contributed by atoms with E-state index in [0.717, 1.165) is 22.2 Å². The molecule has 1 amide bonds. The zero-order chi connectivity index (χ0) is 12.0. The number of carbonyl (C=O) groups is 1. The molecule has 0 fully saturated rings. The van der Waals surface area contributed by atoms with Gasteiger partial charge in [-0.25, -0.2) is 0 Å². The Kier molecular flexibility index (Phi) is 6.01. The lowest BCUT2D eigenvalue weighted by molar-refractivity contribution is 0.0899. The summed E-state index contributed by atoms with van der Waals surface area (Å²) in [6, 6.07) is 2.02. The van der Waals surface area contributed by atoms with E-state index in [-0.39, 0.29) is 11.9 Å². The van der Waals surface area contributed by atoms with Gasteiger partial charge in [0.05, 0.1) is 17.5 Å². The maximum absolute atomic E-state index is 11.9. The first-order valence-electron chi connectivity index (χ1n) is 5.09. The Labute approximate surface area is 108 Å². The first kappa shape index (κ1) is 13.7. The molecule has 0 saturated carbocycles. The van der Waals surface area contributed by atoms with Crippen molar-refractivity contribution < 1.29 is 9.53 Å². The third kappa shape index (κ3) is 3.88. The minimum absolute atomic E-state index is 0.00417. The van der Waals surface area contributed by atoms with Crippen LogP contribution >= 0.6 is 27.3 Å². The molecule has 1 atom stereocenters. The van der Waals surface area contributed by atoms with Crippen LogP contribution in [-0.2, 0) is 4.74 Å². The summed E-state index contributed by atoms with van der Waals surface area (Å²) in [5, 5.41) is 5.76. The summed E-state index contributed by atoms with van der Waals surface area (Å²) in [5.41, 5.74) is 1.03. The van der Waals surface area contributed by atoms with Crippen LogP contribution in [0.4, 0.5) is 0 Å². The van der Waals surface area contributed by atoms with E-state index < -0.39 is 0 Å². The van der Waals surface area contributed by atoms with Gasteiger partial charge in [0, 0.05) is 12.4 Å². The van der Waals surface area contributed by atoms with E-state index in [9.17, 15) is 4.79 Å². The molecular weight excluding hydrogens is 290 g/mol. The lowest BCUT2D eigenvalue weighted by Gasteiger charge is -2.16. The van der Waals surface area contributed by atoms with Crippen LogP contribution in [0.2, 0.25) is 0 Å². The standard InChI is InChI=1S/C11H16BrNO2S/c1-8-4-6-16-10(8)11(14)13-9(3-5-12)7-15-2/h4,6,9H,3,5,7H2,1-2H3,(H,13,14). The zero-order valence-electron chi connectivity index (χ0n) is 9.46. The van der Waals surface area contributed by atoms with Crippen LogP contribution in [0.5, 0.6) is 0 Å². The Morgan fingerprint density at radius 2 is 2.44 bits per heavy atom. The molecule has 1 aromatic rings. The van der Waals surface area contributed by atoms with Crippen molar-refractivity contribution >= 4 is 33.2 Å². The number of halogens is 1. The molecule has 1 N–H and O–H groups in total. The number of alkyl halides is 1. The van der Waals surface area contributed by atoms with Crippen molar-refractivity contribution in [1.82, 2.24) is 5.32 Å². The van der Waals surface area contributed by atoms with Gasteiger partial charge in [0.25, 0.3) is 5.91 Å². The molecule has 1 unspecified atom stereocenters. The van der Waals surface area contributed by atoms with Crippen LogP contribution in [0.25, 0.3) is 0 Å². The summed E-state index contributed by atoms with van der Waals surface area (Å²) in [4.78, 5) is 12.7. The van der Waals surface area contributed by atoms with Crippen molar-refractivity contribution in [2.24, 2.45) is 0 Å². The Balaban J connectivity index is 2.58. The van der Waals surface area contributed by atoms with Gasteiger partial charge in [0.1, 0.15) is 0 Å². The summed E-state index contributed by atoms with van der Waals surface area (Å²) in [7, 11) is 1.64. The van der Waals surface area contributed by atoms with Gasteiger partial charge in [-0.15, -0.1) is 11.3 Å². The molecule has 0 aliphatic carbocycles. The van der Waals surface area contributed by atoms with Crippen molar-refractivity contribution in [3.05, 3.63) is 21.9 Å². The number of hydrogen-bond acceptors (Lipinski definition) is 3. The Bertz CT molecular complexity index is 334. The molecule has 1 rings (SSSR count). The smallest absolute Gasteiger partial charge is 0.261 e. The highest BCUT2D eigenvalue weighted by Crippen LogP contribution is 2.15. The number of amides is 1. The average molecular weight is 306 g/mol. The van der Waals surface area contributed by atoms with Gasteiger partial charge in [-0.2, -0.15) is 0 Å². The Hall–Kier alpha value is -0.390. The maximum Gasteiger partial charge on any atom is 0.261 e. The maximum atomic E-state index is 11.9. The molecule has 0 spiro atoms. The molecule has 0 radical (unpaired) electrons. The summed E-state index contributed by atoms with van der Waals surface area (Å²) in [6.45, 7) is 2.49. The van der Waals surface area contributed by atoms with E-state index in [1.54, 1.807) is 7.11 Å². The van der Waals surface area contributed by atoms with Crippen molar-refractivity contribution in [3.63, 3.8) is 0 Å². The van der Waals surface area contributed by atoms with Crippen LogP contribution < -0.4 is 5.32 Å². The number of methoxy groups -OCH3 is 1. The van der Waals surface area contributed by atoms with E-state index in [1.165, 1.54) is 11.3 Å². The molecule has 0 aliphatic rings. The molecule has 90 valence electrons. The van der Waals surface area contributed by atoms with E-state index in [1.807, 2.05) is 18.4 Å². The number of hydrogen-bond donors (Lipinski definition) is 1. The molecule has 5 heteroatoms. The Morgan fingerprint density at radius 1 is 1.69 bits per heavy atom. The van der Waals surface area contributed by atoms with Crippen molar-refractivity contribution in [3.8, 4) is 0 Å². The zero-order valence-corrected chi connectivity index (χ0v) is 11.9.